The number of aromatic nitrogens is 2. The van der Waals surface area contributed by atoms with Gasteiger partial charge in [0, 0.05) is 5.56 Å². The van der Waals surface area contributed by atoms with E-state index in [4.69, 9.17) is 17.3 Å². The molecule has 0 aliphatic rings. The zero-order chi connectivity index (χ0) is 17.3. The molecule has 0 spiro atoms. The van der Waals surface area contributed by atoms with Crippen LogP contribution in [0.15, 0.2) is 33.3 Å². The van der Waals surface area contributed by atoms with Gasteiger partial charge in [-0.1, -0.05) is 29.4 Å². The van der Waals surface area contributed by atoms with Gasteiger partial charge < -0.3 is 16.0 Å². The van der Waals surface area contributed by atoms with E-state index in [1.54, 1.807) is 0 Å². The number of halogens is 3. The summed E-state index contributed by atoms with van der Waals surface area (Å²) in [5.41, 5.74) is 10.4. The molecular formula is C11H13F3N6O2S. The Kier molecular flexibility index (Phi) is 4.70. The van der Waals surface area contributed by atoms with Crippen LogP contribution in [0.4, 0.5) is 13.2 Å². The van der Waals surface area contributed by atoms with Crippen molar-refractivity contribution in [1.82, 2.24) is 10.1 Å². The molecule has 12 heteroatoms. The molecule has 1 heterocycles. The van der Waals surface area contributed by atoms with E-state index >= 15 is 0 Å². The first kappa shape index (κ1) is 17.3. The van der Waals surface area contributed by atoms with Gasteiger partial charge in [-0.15, -0.1) is 0 Å². The van der Waals surface area contributed by atoms with Crippen molar-refractivity contribution in [1.29, 1.82) is 0 Å². The Balaban J connectivity index is 2.24. The lowest BCUT2D eigenvalue weighted by Crippen LogP contribution is -2.40. The zero-order valence-electron chi connectivity index (χ0n) is 11.5. The summed E-state index contributed by atoms with van der Waals surface area (Å²) >= 11 is 0. The standard InChI is InChI=1S/C11H13F3N6O2S/c12-11(13,14)9-18-8(19-22-9)7-3-1-6(2-4-7)5-23(21,20-17)10(15)16/h1-4,10H,5,15-17H2. The monoisotopic (exact) mass is 350 g/mol. The Morgan fingerprint density at radius 2 is 1.87 bits per heavy atom. The van der Waals surface area contributed by atoms with E-state index in [0.29, 0.717) is 11.1 Å². The van der Waals surface area contributed by atoms with Crippen LogP contribution in [-0.2, 0) is 21.7 Å². The summed E-state index contributed by atoms with van der Waals surface area (Å²) in [6.45, 7) is 0. The lowest BCUT2D eigenvalue weighted by molar-refractivity contribution is -0.159. The highest BCUT2D eigenvalue weighted by molar-refractivity contribution is 7.93. The summed E-state index contributed by atoms with van der Waals surface area (Å²) in [6, 6.07) is 5.90. The molecule has 0 saturated carbocycles. The van der Waals surface area contributed by atoms with Crippen LogP contribution in [0.1, 0.15) is 11.5 Å². The van der Waals surface area contributed by atoms with Crippen LogP contribution in [0.5, 0.6) is 0 Å². The number of hydrogen-bond acceptors (Lipinski definition) is 7. The molecule has 0 fully saturated rings. The van der Waals surface area contributed by atoms with Crippen LogP contribution in [-0.4, -0.2) is 19.8 Å². The molecular weight excluding hydrogens is 337 g/mol. The molecule has 1 atom stereocenters. The molecule has 1 aromatic heterocycles. The highest BCUT2D eigenvalue weighted by Gasteiger charge is 2.38. The van der Waals surface area contributed by atoms with Crippen molar-refractivity contribution < 1.29 is 21.9 Å². The molecule has 23 heavy (non-hydrogen) atoms. The SMILES string of the molecule is NN=S(=O)(Cc1ccc(-c2noc(C(F)(F)F)n2)cc1)C(N)N. The smallest absolute Gasteiger partial charge is 0.329 e. The molecule has 1 unspecified atom stereocenters. The Labute approximate surface area is 129 Å². The second-order valence-corrected chi connectivity index (χ2v) is 6.95. The number of nitrogens with zero attached hydrogens (tertiary/aromatic N) is 3. The third-order valence-electron chi connectivity index (χ3n) is 2.86. The average molecular weight is 350 g/mol. The third kappa shape index (κ3) is 3.85. The topological polar surface area (TPSA) is 146 Å². The van der Waals surface area contributed by atoms with Gasteiger partial charge in [0.2, 0.25) is 5.82 Å². The number of alkyl halides is 3. The van der Waals surface area contributed by atoms with Gasteiger partial charge >= 0.3 is 12.1 Å². The van der Waals surface area contributed by atoms with Gasteiger partial charge in [-0.2, -0.15) is 22.6 Å². The molecule has 0 amide bonds. The van der Waals surface area contributed by atoms with Gasteiger partial charge in [0.05, 0.1) is 15.5 Å². The number of hydrogen-bond donors (Lipinski definition) is 3. The fraction of sp³-hybridized carbons (Fsp3) is 0.273. The zero-order valence-corrected chi connectivity index (χ0v) is 12.3. The highest BCUT2D eigenvalue weighted by Crippen LogP contribution is 2.29. The molecule has 2 rings (SSSR count). The first-order valence-corrected chi connectivity index (χ1v) is 7.85. The third-order valence-corrected chi connectivity index (χ3v) is 4.81. The summed E-state index contributed by atoms with van der Waals surface area (Å²) in [4.78, 5) is 3.26. The van der Waals surface area contributed by atoms with Crippen LogP contribution in [0, 0.1) is 0 Å². The van der Waals surface area contributed by atoms with E-state index in [0.717, 1.165) is 0 Å². The maximum Gasteiger partial charge on any atom is 0.471 e. The highest BCUT2D eigenvalue weighted by atomic mass is 32.2. The van der Waals surface area contributed by atoms with Crippen molar-refractivity contribution >= 4 is 9.73 Å². The van der Waals surface area contributed by atoms with Crippen LogP contribution in [0.2, 0.25) is 0 Å². The lowest BCUT2D eigenvalue weighted by atomic mass is 10.1. The Morgan fingerprint density at radius 1 is 1.26 bits per heavy atom. The molecule has 0 radical (unpaired) electrons. The van der Waals surface area contributed by atoms with E-state index in [2.05, 4.69) is 19.1 Å². The van der Waals surface area contributed by atoms with Crippen LogP contribution in [0.3, 0.4) is 0 Å². The predicted molar refractivity (Wildman–Crippen MR) is 75.4 cm³/mol. The number of rotatable bonds is 4. The maximum absolute atomic E-state index is 12.4. The summed E-state index contributed by atoms with van der Waals surface area (Å²) in [6.07, 6.45) is -4.71. The minimum Gasteiger partial charge on any atom is -0.329 e. The fourth-order valence-corrected chi connectivity index (χ4v) is 2.73. The molecule has 126 valence electrons. The van der Waals surface area contributed by atoms with Crippen LogP contribution >= 0.6 is 0 Å². The molecule has 6 N–H and O–H groups in total. The van der Waals surface area contributed by atoms with Crippen molar-refractivity contribution in [3.05, 3.63) is 35.7 Å². The van der Waals surface area contributed by atoms with Crippen LogP contribution in [0.25, 0.3) is 11.4 Å². The van der Waals surface area contributed by atoms with E-state index < -0.39 is 27.3 Å². The summed E-state index contributed by atoms with van der Waals surface area (Å²) in [7, 11) is -3.03. The van der Waals surface area contributed by atoms with E-state index in [9.17, 15) is 17.4 Å². The van der Waals surface area contributed by atoms with Crippen molar-refractivity contribution in [3.63, 3.8) is 0 Å². The maximum atomic E-state index is 12.4. The Hall–Kier alpha value is -2.02. The van der Waals surface area contributed by atoms with E-state index in [-0.39, 0.29) is 11.6 Å². The van der Waals surface area contributed by atoms with Crippen molar-refractivity contribution in [2.24, 2.45) is 21.8 Å². The average Bonchev–Trinajstić information content (AvgIpc) is 2.97. The van der Waals surface area contributed by atoms with Crippen molar-refractivity contribution in [3.8, 4) is 11.4 Å². The van der Waals surface area contributed by atoms with Gasteiger partial charge in [0.15, 0.2) is 0 Å². The summed E-state index contributed by atoms with van der Waals surface area (Å²) in [5, 5.41) is 3.26. The first-order valence-electron chi connectivity index (χ1n) is 6.10. The number of benzene rings is 1. The molecule has 8 nitrogen and oxygen atoms in total. The quantitative estimate of drug-likeness (QED) is 0.420. The van der Waals surface area contributed by atoms with Crippen molar-refractivity contribution in [2.45, 2.75) is 17.4 Å². The van der Waals surface area contributed by atoms with Gasteiger partial charge in [0.1, 0.15) is 5.50 Å². The molecule has 0 aliphatic carbocycles. The summed E-state index contributed by atoms with van der Waals surface area (Å²) < 4.78 is 56.8. The van der Waals surface area contributed by atoms with E-state index in [1.165, 1.54) is 24.3 Å². The summed E-state index contributed by atoms with van der Waals surface area (Å²) in [5.74, 6) is 3.32. The minimum atomic E-state index is -4.71. The second kappa shape index (κ2) is 6.23. The van der Waals surface area contributed by atoms with E-state index in [1.807, 2.05) is 0 Å². The number of nitrogens with two attached hydrogens (primary N) is 3. The molecule has 0 aliphatic heterocycles. The molecule has 0 saturated heterocycles. The van der Waals surface area contributed by atoms with Gasteiger partial charge in [0.25, 0.3) is 0 Å². The van der Waals surface area contributed by atoms with Crippen molar-refractivity contribution in [2.75, 3.05) is 0 Å². The van der Waals surface area contributed by atoms with Crippen LogP contribution < -0.4 is 17.3 Å². The Bertz CT molecular complexity index is 793. The fourth-order valence-electron chi connectivity index (χ4n) is 1.65. The van der Waals surface area contributed by atoms with Gasteiger partial charge in [-0.25, -0.2) is 10.1 Å². The van der Waals surface area contributed by atoms with Gasteiger partial charge in [-0.3, -0.25) is 0 Å². The van der Waals surface area contributed by atoms with Gasteiger partial charge in [-0.05, 0) is 5.56 Å². The molecule has 1 aromatic carbocycles. The Morgan fingerprint density at radius 3 is 2.30 bits per heavy atom. The first-order chi connectivity index (χ1) is 10.7. The normalized spacial score (nSPS) is 14.7. The minimum absolute atomic E-state index is 0.0957. The predicted octanol–water partition coefficient (Wildman–Crippen LogP) is 0.798. The largest absolute Gasteiger partial charge is 0.471 e. The molecule has 2 aromatic rings. The lowest BCUT2D eigenvalue weighted by Gasteiger charge is -2.12. The molecule has 0 bridgehead atoms. The second-order valence-electron chi connectivity index (χ2n) is 4.52.